The van der Waals surface area contributed by atoms with E-state index in [4.69, 9.17) is 9.47 Å². The number of rotatable bonds is 9. The fourth-order valence-corrected chi connectivity index (χ4v) is 3.60. The number of aryl methyl sites for hydroxylation is 2. The lowest BCUT2D eigenvalue weighted by Crippen LogP contribution is -2.42. The van der Waals surface area contributed by atoms with Gasteiger partial charge in [0.15, 0.2) is 17.5 Å². The second kappa shape index (κ2) is 10.7. The molecule has 1 unspecified atom stereocenters. The average Bonchev–Trinajstić information content (AvgIpc) is 2.96. The summed E-state index contributed by atoms with van der Waals surface area (Å²) in [7, 11) is 7.06. The molecule has 0 aliphatic heterocycles. The number of nitrogens with zero attached hydrogens (tertiary/aromatic N) is 3. The molecule has 1 atom stereocenters. The minimum absolute atomic E-state index is 0.208. The number of benzene rings is 1. The van der Waals surface area contributed by atoms with Gasteiger partial charge in [-0.1, -0.05) is 6.08 Å². The summed E-state index contributed by atoms with van der Waals surface area (Å²) in [5.41, 5.74) is 5.68. The van der Waals surface area contributed by atoms with Crippen LogP contribution in [0.1, 0.15) is 35.0 Å². The molecule has 7 heteroatoms. The molecule has 1 aromatic heterocycles. The Hall–Kier alpha value is -2.96. The third-order valence-electron chi connectivity index (χ3n) is 5.22. The summed E-state index contributed by atoms with van der Waals surface area (Å²) in [4.78, 5) is 4.37. The molecule has 2 N–H and O–H groups in total. The van der Waals surface area contributed by atoms with E-state index in [1.54, 1.807) is 21.3 Å². The van der Waals surface area contributed by atoms with E-state index >= 15 is 0 Å². The highest BCUT2D eigenvalue weighted by Gasteiger charge is 2.15. The maximum absolute atomic E-state index is 5.52. The van der Waals surface area contributed by atoms with Crippen LogP contribution < -0.4 is 20.1 Å². The van der Waals surface area contributed by atoms with Gasteiger partial charge in [0.2, 0.25) is 0 Å². The third-order valence-corrected chi connectivity index (χ3v) is 5.22. The second-order valence-corrected chi connectivity index (χ2v) is 7.43. The number of guanidine groups is 1. The molecule has 0 aliphatic carbocycles. The van der Waals surface area contributed by atoms with Gasteiger partial charge in [0.05, 0.1) is 19.9 Å². The van der Waals surface area contributed by atoms with Crippen LogP contribution in [-0.2, 0) is 26.4 Å². The molecule has 0 amide bonds. The molecule has 0 bridgehead atoms. The Bertz CT molecular complexity index is 901. The van der Waals surface area contributed by atoms with Gasteiger partial charge in [-0.3, -0.25) is 9.67 Å². The standard InChI is InChI=1S/C23H35N5O2/c1-9-10-19-12-18(13-21(29-7)22(19)30-8)14-25-23(24-5)26-15(2)11-20-16(3)27-28(6)17(20)4/h9,12-13,15H,1,10-11,14H2,2-8H3,(H2,24,25,26). The molecule has 2 aromatic rings. The van der Waals surface area contributed by atoms with Crippen molar-refractivity contribution in [3.63, 3.8) is 0 Å². The summed E-state index contributed by atoms with van der Waals surface area (Å²) in [6, 6.07) is 4.30. The molecular weight excluding hydrogens is 378 g/mol. The van der Waals surface area contributed by atoms with Crippen molar-refractivity contribution >= 4 is 5.96 Å². The molecule has 0 aliphatic rings. The second-order valence-electron chi connectivity index (χ2n) is 7.43. The highest BCUT2D eigenvalue weighted by atomic mass is 16.5. The van der Waals surface area contributed by atoms with Crippen molar-refractivity contribution in [2.45, 2.75) is 46.2 Å². The largest absolute Gasteiger partial charge is 0.493 e. The third kappa shape index (κ3) is 5.55. The number of allylic oxidation sites excluding steroid dienone is 1. The first-order valence-corrected chi connectivity index (χ1v) is 10.1. The van der Waals surface area contributed by atoms with Crippen LogP contribution in [0.5, 0.6) is 11.5 Å². The Morgan fingerprint density at radius 2 is 2.03 bits per heavy atom. The molecule has 0 spiro atoms. The fraction of sp³-hybridized carbons (Fsp3) is 0.478. The van der Waals surface area contributed by atoms with Crippen LogP contribution in [0.3, 0.4) is 0 Å². The molecule has 1 aromatic carbocycles. The number of hydrogen-bond acceptors (Lipinski definition) is 4. The Morgan fingerprint density at radius 3 is 2.57 bits per heavy atom. The molecular formula is C23H35N5O2. The molecule has 30 heavy (non-hydrogen) atoms. The molecule has 1 heterocycles. The first kappa shape index (κ1) is 23.3. The van der Waals surface area contributed by atoms with Crippen molar-refractivity contribution < 1.29 is 9.47 Å². The molecule has 0 saturated heterocycles. The summed E-state index contributed by atoms with van der Waals surface area (Å²) in [5, 5.41) is 11.4. The van der Waals surface area contributed by atoms with Crippen molar-refractivity contribution in [2.24, 2.45) is 12.0 Å². The van der Waals surface area contributed by atoms with Gasteiger partial charge in [-0.25, -0.2) is 0 Å². The SMILES string of the molecule is C=CCc1cc(CNC(=NC)NC(C)Cc2c(C)nn(C)c2C)cc(OC)c1OC. The Balaban J connectivity index is 2.06. The van der Waals surface area contributed by atoms with E-state index < -0.39 is 0 Å². The zero-order valence-corrected chi connectivity index (χ0v) is 19.3. The Labute approximate surface area is 180 Å². The summed E-state index contributed by atoms with van der Waals surface area (Å²) in [5.74, 6) is 2.22. The van der Waals surface area contributed by atoms with Crippen LogP contribution in [0.15, 0.2) is 29.8 Å². The van der Waals surface area contributed by atoms with E-state index in [-0.39, 0.29) is 6.04 Å². The van der Waals surface area contributed by atoms with Gasteiger partial charge < -0.3 is 20.1 Å². The summed E-state index contributed by atoms with van der Waals surface area (Å²) in [6.45, 7) is 10.8. The molecule has 164 valence electrons. The lowest BCUT2D eigenvalue weighted by molar-refractivity contribution is 0.352. The van der Waals surface area contributed by atoms with Crippen molar-refractivity contribution in [3.8, 4) is 11.5 Å². The topological polar surface area (TPSA) is 72.7 Å². The minimum Gasteiger partial charge on any atom is -0.493 e. The summed E-state index contributed by atoms with van der Waals surface area (Å²) < 4.78 is 13.0. The van der Waals surface area contributed by atoms with Crippen LogP contribution in [0.25, 0.3) is 0 Å². The summed E-state index contributed by atoms with van der Waals surface area (Å²) >= 11 is 0. The van der Waals surface area contributed by atoms with Crippen molar-refractivity contribution in [1.29, 1.82) is 0 Å². The van der Waals surface area contributed by atoms with E-state index in [2.05, 4.69) is 54.1 Å². The molecule has 2 rings (SSSR count). The normalized spacial score (nSPS) is 12.4. The van der Waals surface area contributed by atoms with Crippen molar-refractivity contribution in [1.82, 2.24) is 20.4 Å². The van der Waals surface area contributed by atoms with E-state index in [0.29, 0.717) is 18.7 Å². The van der Waals surface area contributed by atoms with Crippen molar-refractivity contribution in [3.05, 3.63) is 52.9 Å². The van der Waals surface area contributed by atoms with E-state index in [9.17, 15) is 0 Å². The zero-order chi connectivity index (χ0) is 22.3. The van der Waals surface area contributed by atoms with E-state index in [1.807, 2.05) is 23.9 Å². The van der Waals surface area contributed by atoms with E-state index in [0.717, 1.165) is 35.0 Å². The van der Waals surface area contributed by atoms with Crippen LogP contribution in [-0.4, -0.2) is 43.0 Å². The maximum atomic E-state index is 5.52. The Morgan fingerprint density at radius 1 is 1.30 bits per heavy atom. The quantitative estimate of drug-likeness (QED) is 0.376. The molecule has 0 radical (unpaired) electrons. The monoisotopic (exact) mass is 413 g/mol. The van der Waals surface area contributed by atoms with Gasteiger partial charge in [0.25, 0.3) is 0 Å². The average molecular weight is 414 g/mol. The van der Waals surface area contributed by atoms with Gasteiger partial charge in [-0.15, -0.1) is 6.58 Å². The van der Waals surface area contributed by atoms with Gasteiger partial charge >= 0.3 is 0 Å². The maximum Gasteiger partial charge on any atom is 0.191 e. The molecule has 7 nitrogen and oxygen atoms in total. The molecule has 0 fully saturated rings. The number of nitrogens with one attached hydrogen (secondary N) is 2. The number of aromatic nitrogens is 2. The number of aliphatic imine (C=N–C) groups is 1. The van der Waals surface area contributed by atoms with Crippen LogP contribution in [0.2, 0.25) is 0 Å². The number of hydrogen-bond donors (Lipinski definition) is 2. The van der Waals surface area contributed by atoms with Crippen LogP contribution in [0, 0.1) is 13.8 Å². The minimum atomic E-state index is 0.208. The van der Waals surface area contributed by atoms with Gasteiger partial charge in [0.1, 0.15) is 0 Å². The van der Waals surface area contributed by atoms with Crippen molar-refractivity contribution in [2.75, 3.05) is 21.3 Å². The summed E-state index contributed by atoms with van der Waals surface area (Å²) in [6.07, 6.45) is 3.45. The molecule has 0 saturated carbocycles. The first-order chi connectivity index (χ1) is 14.3. The smallest absolute Gasteiger partial charge is 0.191 e. The lowest BCUT2D eigenvalue weighted by atomic mass is 10.1. The predicted octanol–water partition coefficient (Wildman–Crippen LogP) is 3.08. The van der Waals surface area contributed by atoms with Crippen LogP contribution in [0.4, 0.5) is 0 Å². The highest BCUT2D eigenvalue weighted by Crippen LogP contribution is 2.33. The Kier molecular flexibility index (Phi) is 8.33. The zero-order valence-electron chi connectivity index (χ0n) is 19.3. The van der Waals surface area contributed by atoms with Gasteiger partial charge in [-0.2, -0.15) is 5.10 Å². The number of ether oxygens (including phenoxy) is 2. The van der Waals surface area contributed by atoms with Gasteiger partial charge in [0, 0.05) is 37.9 Å². The first-order valence-electron chi connectivity index (χ1n) is 10.1. The fourth-order valence-electron chi connectivity index (χ4n) is 3.60. The van der Waals surface area contributed by atoms with Gasteiger partial charge in [-0.05, 0) is 56.9 Å². The lowest BCUT2D eigenvalue weighted by Gasteiger charge is -2.19. The number of methoxy groups -OCH3 is 2. The van der Waals surface area contributed by atoms with E-state index in [1.165, 1.54) is 11.3 Å². The highest BCUT2D eigenvalue weighted by molar-refractivity contribution is 5.80. The predicted molar refractivity (Wildman–Crippen MR) is 123 cm³/mol. The van der Waals surface area contributed by atoms with Crippen LogP contribution >= 0.6 is 0 Å².